The summed E-state index contributed by atoms with van der Waals surface area (Å²) < 4.78 is 13.7. The van der Waals surface area contributed by atoms with E-state index in [1.165, 1.54) is 30.2 Å². The van der Waals surface area contributed by atoms with Crippen LogP contribution >= 0.6 is 11.3 Å². The van der Waals surface area contributed by atoms with Crippen LogP contribution < -0.4 is 11.1 Å². The van der Waals surface area contributed by atoms with Gasteiger partial charge in [-0.2, -0.15) is 0 Å². The molecule has 0 aliphatic heterocycles. The van der Waals surface area contributed by atoms with Gasteiger partial charge in [-0.1, -0.05) is 25.0 Å². The molecule has 116 valence electrons. The summed E-state index contributed by atoms with van der Waals surface area (Å²) in [6.07, 6.45) is 4.82. The molecule has 1 heterocycles. The first kappa shape index (κ1) is 15.0. The Kier molecular flexibility index (Phi) is 4.68. The Morgan fingerprint density at radius 1 is 1.36 bits per heavy atom. The zero-order chi connectivity index (χ0) is 15.4. The highest BCUT2D eigenvalue weighted by atomic mass is 32.1. The zero-order valence-electron chi connectivity index (χ0n) is 12.3. The molecule has 0 atom stereocenters. The third-order valence-electron chi connectivity index (χ3n) is 3.79. The van der Waals surface area contributed by atoms with E-state index in [0.29, 0.717) is 29.8 Å². The number of thiazole rings is 1. The third kappa shape index (κ3) is 3.62. The highest BCUT2D eigenvalue weighted by molar-refractivity contribution is 7.09. The molecule has 1 aliphatic carbocycles. The van der Waals surface area contributed by atoms with Gasteiger partial charge in [-0.3, -0.25) is 0 Å². The number of aromatic nitrogens is 1. The van der Waals surface area contributed by atoms with E-state index in [9.17, 15) is 4.39 Å². The molecule has 2 aromatic rings. The van der Waals surface area contributed by atoms with Crippen LogP contribution in [0.2, 0.25) is 0 Å². The van der Waals surface area contributed by atoms with E-state index in [2.05, 4.69) is 15.3 Å². The monoisotopic (exact) mass is 318 g/mol. The number of nitrogens with two attached hydrogens (primary N) is 1. The first-order chi connectivity index (χ1) is 10.7. The van der Waals surface area contributed by atoms with Crippen molar-refractivity contribution in [1.82, 2.24) is 10.3 Å². The number of aliphatic imine (C=N–C) groups is 1. The van der Waals surface area contributed by atoms with Gasteiger partial charge in [0.05, 0.1) is 12.2 Å². The van der Waals surface area contributed by atoms with Crippen molar-refractivity contribution in [2.45, 2.75) is 38.3 Å². The molecule has 4 nitrogen and oxygen atoms in total. The SMILES string of the molecule is NC(=NCc1nc(-c2ccccc2F)cs1)NC1CCCC1. The van der Waals surface area contributed by atoms with E-state index >= 15 is 0 Å². The standard InChI is InChI=1S/C16H19FN4S/c17-13-8-4-3-7-12(13)14-10-22-15(21-14)9-19-16(18)20-11-5-1-2-6-11/h3-4,7-8,10-11H,1-2,5-6,9H2,(H3,18,19,20). The number of nitrogens with zero attached hydrogens (tertiary/aromatic N) is 2. The maximum atomic E-state index is 13.7. The van der Waals surface area contributed by atoms with E-state index in [1.54, 1.807) is 18.2 Å². The number of nitrogens with one attached hydrogen (secondary N) is 1. The van der Waals surface area contributed by atoms with Gasteiger partial charge in [-0.05, 0) is 25.0 Å². The Hall–Kier alpha value is -1.95. The molecule has 3 N–H and O–H groups in total. The van der Waals surface area contributed by atoms with Gasteiger partial charge in [0, 0.05) is 17.0 Å². The van der Waals surface area contributed by atoms with Gasteiger partial charge in [-0.25, -0.2) is 14.4 Å². The lowest BCUT2D eigenvalue weighted by Crippen LogP contribution is -2.38. The molecule has 0 spiro atoms. The van der Waals surface area contributed by atoms with Crippen molar-refractivity contribution in [2.75, 3.05) is 0 Å². The van der Waals surface area contributed by atoms with Crippen LogP contribution in [0.1, 0.15) is 30.7 Å². The molecule has 1 aromatic carbocycles. The van der Waals surface area contributed by atoms with Gasteiger partial charge < -0.3 is 11.1 Å². The maximum Gasteiger partial charge on any atom is 0.189 e. The smallest absolute Gasteiger partial charge is 0.189 e. The molecular weight excluding hydrogens is 299 g/mol. The second kappa shape index (κ2) is 6.87. The molecule has 1 aliphatic rings. The predicted molar refractivity (Wildman–Crippen MR) is 88.2 cm³/mol. The first-order valence-corrected chi connectivity index (χ1v) is 8.36. The van der Waals surface area contributed by atoms with Crippen LogP contribution in [-0.4, -0.2) is 17.0 Å². The first-order valence-electron chi connectivity index (χ1n) is 7.48. The minimum absolute atomic E-state index is 0.259. The Morgan fingerprint density at radius 2 is 2.14 bits per heavy atom. The van der Waals surface area contributed by atoms with Gasteiger partial charge in [0.1, 0.15) is 10.8 Å². The third-order valence-corrected chi connectivity index (χ3v) is 4.63. The fourth-order valence-electron chi connectivity index (χ4n) is 2.65. The largest absolute Gasteiger partial charge is 0.370 e. The number of hydrogen-bond donors (Lipinski definition) is 2. The van der Waals surface area contributed by atoms with Crippen LogP contribution in [0.15, 0.2) is 34.6 Å². The summed E-state index contributed by atoms with van der Waals surface area (Å²) in [5.74, 6) is 0.208. The van der Waals surface area contributed by atoms with Crippen molar-refractivity contribution in [1.29, 1.82) is 0 Å². The number of rotatable bonds is 4. The average Bonchev–Trinajstić information content (AvgIpc) is 3.17. The Balaban J connectivity index is 1.63. The van der Waals surface area contributed by atoms with E-state index in [1.807, 2.05) is 5.38 Å². The highest BCUT2D eigenvalue weighted by Crippen LogP contribution is 2.24. The minimum atomic E-state index is -0.259. The van der Waals surface area contributed by atoms with E-state index in [0.717, 1.165) is 17.8 Å². The summed E-state index contributed by atoms with van der Waals surface area (Å²) in [6.45, 7) is 0.421. The normalized spacial score (nSPS) is 16.1. The molecule has 0 bridgehead atoms. The lowest BCUT2D eigenvalue weighted by molar-refractivity contribution is 0.625. The van der Waals surface area contributed by atoms with E-state index in [-0.39, 0.29) is 5.82 Å². The minimum Gasteiger partial charge on any atom is -0.370 e. The van der Waals surface area contributed by atoms with Crippen LogP contribution in [0, 0.1) is 5.82 Å². The van der Waals surface area contributed by atoms with Crippen LogP contribution in [-0.2, 0) is 6.54 Å². The highest BCUT2D eigenvalue weighted by Gasteiger charge is 2.15. The number of hydrogen-bond acceptors (Lipinski definition) is 3. The van der Waals surface area contributed by atoms with Crippen molar-refractivity contribution < 1.29 is 4.39 Å². The molecule has 1 saturated carbocycles. The molecular formula is C16H19FN4S. The molecule has 1 aromatic heterocycles. The van der Waals surface area contributed by atoms with Gasteiger partial charge in [0.15, 0.2) is 5.96 Å². The zero-order valence-corrected chi connectivity index (χ0v) is 13.1. The van der Waals surface area contributed by atoms with Gasteiger partial charge in [0.25, 0.3) is 0 Å². The van der Waals surface area contributed by atoms with Crippen molar-refractivity contribution in [3.8, 4) is 11.3 Å². The Morgan fingerprint density at radius 3 is 2.91 bits per heavy atom. The summed E-state index contributed by atoms with van der Waals surface area (Å²) in [5, 5.41) is 5.92. The van der Waals surface area contributed by atoms with Crippen LogP contribution in [0.4, 0.5) is 4.39 Å². The number of halogens is 1. The Bertz CT molecular complexity index is 662. The van der Waals surface area contributed by atoms with Crippen molar-refractivity contribution in [3.05, 3.63) is 40.5 Å². The topological polar surface area (TPSA) is 63.3 Å². The van der Waals surface area contributed by atoms with Crippen LogP contribution in [0.25, 0.3) is 11.3 Å². The molecule has 0 radical (unpaired) electrons. The molecule has 0 unspecified atom stereocenters. The molecule has 6 heteroatoms. The summed E-state index contributed by atoms with van der Waals surface area (Å²) >= 11 is 1.47. The number of benzene rings is 1. The summed E-state index contributed by atoms with van der Waals surface area (Å²) in [5.41, 5.74) is 7.07. The quantitative estimate of drug-likeness (QED) is 0.671. The average molecular weight is 318 g/mol. The second-order valence-electron chi connectivity index (χ2n) is 5.43. The van der Waals surface area contributed by atoms with Crippen molar-refractivity contribution in [3.63, 3.8) is 0 Å². The van der Waals surface area contributed by atoms with Gasteiger partial charge >= 0.3 is 0 Å². The molecule has 22 heavy (non-hydrogen) atoms. The second-order valence-corrected chi connectivity index (χ2v) is 6.38. The lowest BCUT2D eigenvalue weighted by atomic mass is 10.2. The van der Waals surface area contributed by atoms with Crippen molar-refractivity contribution in [2.24, 2.45) is 10.7 Å². The summed E-state index contributed by atoms with van der Waals surface area (Å²) in [4.78, 5) is 8.76. The van der Waals surface area contributed by atoms with Gasteiger partial charge in [0.2, 0.25) is 0 Å². The van der Waals surface area contributed by atoms with Crippen molar-refractivity contribution >= 4 is 17.3 Å². The molecule has 1 fully saturated rings. The van der Waals surface area contributed by atoms with E-state index < -0.39 is 0 Å². The predicted octanol–water partition coefficient (Wildman–Crippen LogP) is 3.30. The fourth-order valence-corrected chi connectivity index (χ4v) is 3.37. The van der Waals surface area contributed by atoms with E-state index in [4.69, 9.17) is 5.73 Å². The fraction of sp³-hybridized carbons (Fsp3) is 0.375. The van der Waals surface area contributed by atoms with Gasteiger partial charge in [-0.15, -0.1) is 11.3 Å². The lowest BCUT2D eigenvalue weighted by Gasteiger charge is -2.11. The Labute approximate surface area is 133 Å². The molecule has 0 saturated heterocycles. The summed E-state index contributed by atoms with van der Waals surface area (Å²) in [6, 6.07) is 7.10. The van der Waals surface area contributed by atoms with Crippen LogP contribution in [0.3, 0.4) is 0 Å². The molecule has 0 amide bonds. The molecule has 3 rings (SSSR count). The summed E-state index contributed by atoms with van der Waals surface area (Å²) in [7, 11) is 0. The maximum absolute atomic E-state index is 13.7. The van der Waals surface area contributed by atoms with Crippen LogP contribution in [0.5, 0.6) is 0 Å². The number of guanidine groups is 1.